The summed E-state index contributed by atoms with van der Waals surface area (Å²) in [4.78, 5) is 1.37. The summed E-state index contributed by atoms with van der Waals surface area (Å²) in [6, 6.07) is 2.60. The molecule has 2 nitrogen and oxygen atoms in total. The number of nitrogens with one attached hydrogen (secondary N) is 1. The number of hydrogen-bond donors (Lipinski definition) is 1. The predicted molar refractivity (Wildman–Crippen MR) is 84.3 cm³/mol. The zero-order valence-electron chi connectivity index (χ0n) is 10.8. The fourth-order valence-corrected chi connectivity index (χ4v) is 4.65. The van der Waals surface area contributed by atoms with E-state index < -0.39 is 0 Å². The molecule has 2 rings (SSSR count). The average molecular weight is 397 g/mol. The van der Waals surface area contributed by atoms with Gasteiger partial charge in [0.05, 0.1) is 9.39 Å². The van der Waals surface area contributed by atoms with Gasteiger partial charge in [-0.2, -0.15) is 0 Å². The van der Waals surface area contributed by atoms with Crippen LogP contribution in [0.4, 0.5) is 0 Å². The van der Waals surface area contributed by atoms with Crippen molar-refractivity contribution in [3.8, 4) is 0 Å². The van der Waals surface area contributed by atoms with Gasteiger partial charge in [-0.15, -0.1) is 11.3 Å². The highest BCUT2D eigenvalue weighted by Gasteiger charge is 2.39. The highest BCUT2D eigenvalue weighted by atomic mass is 79.9. The van der Waals surface area contributed by atoms with Crippen LogP contribution in [0.5, 0.6) is 0 Å². The lowest BCUT2D eigenvalue weighted by Crippen LogP contribution is -2.42. The lowest BCUT2D eigenvalue weighted by Gasteiger charge is -2.42. The van der Waals surface area contributed by atoms with Crippen molar-refractivity contribution in [1.82, 2.24) is 5.32 Å². The molecule has 0 spiro atoms. The molecule has 0 aromatic carbocycles. The maximum absolute atomic E-state index is 5.75. The summed E-state index contributed by atoms with van der Waals surface area (Å²) in [6.45, 7) is 3.14. The molecule has 1 aliphatic rings. The fourth-order valence-electron chi connectivity index (χ4n) is 2.49. The van der Waals surface area contributed by atoms with Crippen molar-refractivity contribution in [2.75, 3.05) is 13.7 Å². The number of thiophene rings is 1. The summed E-state index contributed by atoms with van der Waals surface area (Å²) >= 11 is 8.94. The van der Waals surface area contributed by atoms with Crippen LogP contribution in [-0.4, -0.2) is 19.3 Å². The first-order valence-corrected chi connectivity index (χ1v) is 8.74. The molecule has 18 heavy (non-hydrogen) atoms. The number of ether oxygens (including phenoxy) is 1. The van der Waals surface area contributed by atoms with E-state index in [-0.39, 0.29) is 5.60 Å². The Morgan fingerprint density at radius 3 is 2.61 bits per heavy atom. The average Bonchev–Trinajstić information content (AvgIpc) is 2.63. The molecule has 0 radical (unpaired) electrons. The smallest absolute Gasteiger partial charge is 0.0843 e. The summed E-state index contributed by atoms with van der Waals surface area (Å²) in [7, 11) is 1.85. The zero-order valence-corrected chi connectivity index (χ0v) is 14.8. The Labute approximate surface area is 130 Å². The normalized spacial score (nSPS) is 19.6. The first kappa shape index (κ1) is 15.0. The van der Waals surface area contributed by atoms with Gasteiger partial charge in [0.1, 0.15) is 0 Å². The van der Waals surface area contributed by atoms with E-state index in [1.807, 2.05) is 7.11 Å². The third-order valence-electron chi connectivity index (χ3n) is 3.73. The van der Waals surface area contributed by atoms with Crippen molar-refractivity contribution in [3.63, 3.8) is 0 Å². The van der Waals surface area contributed by atoms with E-state index in [0.29, 0.717) is 6.04 Å². The Balaban J connectivity index is 2.12. The molecule has 1 aromatic rings. The Bertz CT molecular complexity index is 379. The molecule has 1 N–H and O–H groups in total. The van der Waals surface area contributed by atoms with E-state index in [1.165, 1.54) is 27.9 Å². The Hall–Kier alpha value is 0.580. The molecule has 1 aromatic heterocycles. The Kier molecular flexibility index (Phi) is 5.29. The second-order valence-corrected chi connectivity index (χ2v) is 8.08. The standard InChI is InChI=1S/C13H19Br2NOS/c1-3-16-10(8-13(17-2)5-4-6-13)11-7-9(14)12(15)18-11/h7,10,16H,3-6,8H2,1-2H3. The van der Waals surface area contributed by atoms with Crippen LogP contribution in [0.25, 0.3) is 0 Å². The van der Waals surface area contributed by atoms with Crippen LogP contribution >= 0.6 is 43.2 Å². The van der Waals surface area contributed by atoms with Crippen LogP contribution in [-0.2, 0) is 4.74 Å². The van der Waals surface area contributed by atoms with Gasteiger partial charge >= 0.3 is 0 Å². The van der Waals surface area contributed by atoms with Gasteiger partial charge in [0.2, 0.25) is 0 Å². The van der Waals surface area contributed by atoms with Gasteiger partial charge in [0.25, 0.3) is 0 Å². The summed E-state index contributed by atoms with van der Waals surface area (Å²) < 4.78 is 8.06. The number of methoxy groups -OCH3 is 1. The van der Waals surface area contributed by atoms with Gasteiger partial charge in [-0.05, 0) is 70.2 Å². The Morgan fingerprint density at radius 2 is 2.22 bits per heavy atom. The molecular weight excluding hydrogens is 378 g/mol. The lowest BCUT2D eigenvalue weighted by atomic mass is 9.75. The fraction of sp³-hybridized carbons (Fsp3) is 0.692. The van der Waals surface area contributed by atoms with E-state index in [4.69, 9.17) is 4.74 Å². The van der Waals surface area contributed by atoms with Gasteiger partial charge in [-0.25, -0.2) is 0 Å². The summed E-state index contributed by atoms with van der Waals surface area (Å²) in [6.07, 6.45) is 4.75. The first-order chi connectivity index (χ1) is 8.60. The van der Waals surface area contributed by atoms with E-state index in [9.17, 15) is 0 Å². The topological polar surface area (TPSA) is 21.3 Å². The van der Waals surface area contributed by atoms with Gasteiger partial charge in [-0.3, -0.25) is 0 Å². The van der Waals surface area contributed by atoms with Gasteiger partial charge in [0.15, 0.2) is 0 Å². The van der Waals surface area contributed by atoms with Crippen molar-refractivity contribution < 1.29 is 4.74 Å². The maximum atomic E-state index is 5.75. The molecule has 1 fully saturated rings. The van der Waals surface area contributed by atoms with Crippen LogP contribution in [0.2, 0.25) is 0 Å². The summed E-state index contributed by atoms with van der Waals surface area (Å²) in [5.74, 6) is 0. The van der Waals surface area contributed by atoms with E-state index in [2.05, 4.69) is 50.2 Å². The maximum Gasteiger partial charge on any atom is 0.0843 e. The molecular formula is C13H19Br2NOS. The minimum absolute atomic E-state index is 0.107. The second-order valence-electron chi connectivity index (χ2n) is 4.83. The van der Waals surface area contributed by atoms with Crippen molar-refractivity contribution in [1.29, 1.82) is 0 Å². The van der Waals surface area contributed by atoms with Gasteiger partial charge < -0.3 is 10.1 Å². The van der Waals surface area contributed by atoms with Crippen molar-refractivity contribution in [3.05, 3.63) is 19.2 Å². The Morgan fingerprint density at radius 1 is 1.50 bits per heavy atom. The molecule has 5 heteroatoms. The molecule has 0 aliphatic heterocycles. The monoisotopic (exact) mass is 395 g/mol. The van der Waals surface area contributed by atoms with Crippen molar-refractivity contribution >= 4 is 43.2 Å². The number of hydrogen-bond acceptors (Lipinski definition) is 3. The van der Waals surface area contributed by atoms with Crippen molar-refractivity contribution in [2.24, 2.45) is 0 Å². The van der Waals surface area contributed by atoms with Crippen LogP contribution in [0.1, 0.15) is 43.5 Å². The molecule has 102 valence electrons. The molecule has 0 bridgehead atoms. The van der Waals surface area contributed by atoms with Crippen molar-refractivity contribution in [2.45, 2.75) is 44.2 Å². The van der Waals surface area contributed by atoms with E-state index in [0.717, 1.165) is 17.4 Å². The third-order valence-corrected chi connectivity index (χ3v) is 7.10. The SMILES string of the molecule is CCNC(CC1(OC)CCC1)c1cc(Br)c(Br)s1. The third kappa shape index (κ3) is 3.18. The molecule has 1 unspecified atom stereocenters. The molecule has 1 aliphatic carbocycles. The minimum atomic E-state index is 0.107. The summed E-state index contributed by atoms with van der Waals surface area (Å²) in [5, 5.41) is 3.59. The number of halogens is 2. The molecule has 1 saturated carbocycles. The lowest BCUT2D eigenvalue weighted by molar-refractivity contribution is -0.0835. The van der Waals surface area contributed by atoms with Crippen LogP contribution in [0.15, 0.2) is 14.3 Å². The molecule has 0 amide bonds. The summed E-state index contributed by atoms with van der Waals surface area (Å²) in [5.41, 5.74) is 0.107. The quantitative estimate of drug-likeness (QED) is 0.739. The van der Waals surface area contributed by atoms with Crippen LogP contribution < -0.4 is 5.32 Å². The van der Waals surface area contributed by atoms with E-state index in [1.54, 1.807) is 11.3 Å². The van der Waals surface area contributed by atoms with Crippen LogP contribution in [0.3, 0.4) is 0 Å². The molecule has 1 atom stereocenters. The van der Waals surface area contributed by atoms with Crippen LogP contribution in [0, 0.1) is 0 Å². The highest BCUT2D eigenvalue weighted by molar-refractivity contribution is 9.13. The highest BCUT2D eigenvalue weighted by Crippen LogP contribution is 2.44. The largest absolute Gasteiger partial charge is 0.378 e. The second kappa shape index (κ2) is 6.35. The molecule has 1 heterocycles. The predicted octanol–water partition coefficient (Wildman–Crippen LogP) is 4.88. The minimum Gasteiger partial charge on any atom is -0.378 e. The number of rotatable bonds is 6. The zero-order chi connectivity index (χ0) is 13.2. The molecule has 0 saturated heterocycles. The van der Waals surface area contributed by atoms with E-state index >= 15 is 0 Å². The van der Waals surface area contributed by atoms with Gasteiger partial charge in [-0.1, -0.05) is 6.92 Å². The first-order valence-electron chi connectivity index (χ1n) is 6.33. The van der Waals surface area contributed by atoms with Gasteiger partial charge in [0, 0.05) is 22.5 Å².